The monoisotopic (exact) mass is 611 g/mol. The van der Waals surface area contributed by atoms with Crippen molar-refractivity contribution in [1.29, 1.82) is 0 Å². The number of carbonyl (C=O) groups excluding carboxylic acids is 1. The average molecular weight is 612 g/mol. The molecule has 4 aromatic rings. The molecule has 0 amide bonds. The molecule has 1 atom stereocenters. The van der Waals surface area contributed by atoms with E-state index < -0.39 is 23.8 Å². The molecule has 0 aliphatic carbocycles. The van der Waals surface area contributed by atoms with Crippen molar-refractivity contribution >= 4 is 24.4 Å². The van der Waals surface area contributed by atoms with Crippen LogP contribution in [0.1, 0.15) is 52.5 Å². The van der Waals surface area contributed by atoms with Crippen LogP contribution in [0.25, 0.3) is 12.2 Å². The van der Waals surface area contributed by atoms with Crippen LogP contribution in [0.2, 0.25) is 0 Å². The van der Waals surface area contributed by atoms with E-state index in [0.29, 0.717) is 49.6 Å². The molecule has 2 aromatic heterocycles. The zero-order valence-corrected chi connectivity index (χ0v) is 24.0. The van der Waals surface area contributed by atoms with Crippen LogP contribution < -0.4 is 4.74 Å². The van der Waals surface area contributed by atoms with E-state index in [4.69, 9.17) is 19.0 Å². The molecule has 232 valence electrons. The van der Waals surface area contributed by atoms with Crippen LogP contribution in [0.5, 0.6) is 5.75 Å². The summed E-state index contributed by atoms with van der Waals surface area (Å²) in [5.41, 5.74) is 2.78. The summed E-state index contributed by atoms with van der Waals surface area (Å²) >= 11 is 0. The minimum absolute atomic E-state index is 0.0195. The van der Waals surface area contributed by atoms with Gasteiger partial charge in [0.25, 0.3) is 0 Å². The predicted molar refractivity (Wildman–Crippen MR) is 155 cm³/mol. The molecule has 0 aliphatic rings. The smallest absolute Gasteiger partial charge is 0.416 e. The molecule has 0 spiro atoms. The van der Waals surface area contributed by atoms with Gasteiger partial charge in [-0.05, 0) is 67.2 Å². The highest BCUT2D eigenvalue weighted by Crippen LogP contribution is 2.29. The largest absolute Gasteiger partial charge is 0.493 e. The zero-order valence-electron chi connectivity index (χ0n) is 24.0. The first kappa shape index (κ1) is 32.2. The summed E-state index contributed by atoms with van der Waals surface area (Å²) in [6.07, 6.45) is 5.02. The van der Waals surface area contributed by atoms with E-state index >= 15 is 0 Å². The number of ether oxygens (including phenoxy) is 2. The summed E-state index contributed by atoms with van der Waals surface area (Å²) < 4.78 is 56.8. The highest BCUT2D eigenvalue weighted by Gasteiger charge is 2.29. The maximum absolute atomic E-state index is 12.7. The van der Waals surface area contributed by atoms with Crippen LogP contribution in [-0.2, 0) is 46.5 Å². The fraction of sp³-hybridized carbons (Fsp3) is 0.312. The highest BCUT2D eigenvalue weighted by molar-refractivity contribution is 5.75. The molecule has 44 heavy (non-hydrogen) atoms. The Labute approximate surface area is 252 Å². The Kier molecular flexibility index (Phi) is 11.1. The van der Waals surface area contributed by atoms with Gasteiger partial charge in [-0.1, -0.05) is 24.3 Å². The van der Waals surface area contributed by atoms with Gasteiger partial charge in [-0.3, -0.25) is 0 Å². The number of aromatic nitrogens is 3. The second kappa shape index (κ2) is 15.1. The fourth-order valence-electron chi connectivity index (χ4n) is 4.37. The van der Waals surface area contributed by atoms with Gasteiger partial charge in [0.1, 0.15) is 30.7 Å². The molecule has 2 heterocycles. The summed E-state index contributed by atoms with van der Waals surface area (Å²) in [7, 11) is 0. The normalized spacial score (nSPS) is 12.5. The molecule has 0 fully saturated rings. The number of rotatable bonds is 16. The summed E-state index contributed by atoms with van der Waals surface area (Å²) in [5.74, 6) is 0.523. The summed E-state index contributed by atoms with van der Waals surface area (Å²) in [6.45, 7) is 3.01. The molecule has 2 aromatic carbocycles. The number of alkyl halides is 3. The van der Waals surface area contributed by atoms with Crippen molar-refractivity contribution in [2.75, 3.05) is 6.61 Å². The Morgan fingerprint density at radius 3 is 2.64 bits per heavy atom. The molecule has 0 bridgehead atoms. The lowest BCUT2D eigenvalue weighted by Gasteiger charge is -2.13. The standard InChI is InChI=1S/C32H32F3N3O6/c1-22-19-24(5-10-26-20-44-30(37-26)12-7-23-3-8-25(9-4-23)32(33,34)35)6-11-27(22)42-18-2-15-38-16-14-36-29(38)21-43-28(13-17-39)31(40)41/h3-4,6-9,11-12,14,16-17,19-20,28H,2,5,10,13,15,18,21H2,1H3,(H,40,41)/b12-7+. The average Bonchev–Trinajstić information content (AvgIpc) is 3.65. The first-order chi connectivity index (χ1) is 21.1. The zero-order chi connectivity index (χ0) is 31.5. The minimum atomic E-state index is -4.37. The van der Waals surface area contributed by atoms with E-state index in [-0.39, 0.29) is 13.0 Å². The molecule has 4 rings (SSSR count). The number of aryl methyl sites for hydroxylation is 4. The molecule has 9 nitrogen and oxygen atoms in total. The first-order valence-corrected chi connectivity index (χ1v) is 13.9. The summed E-state index contributed by atoms with van der Waals surface area (Å²) in [4.78, 5) is 30.5. The predicted octanol–water partition coefficient (Wildman–Crippen LogP) is 6.18. The number of imidazole rings is 1. The van der Waals surface area contributed by atoms with Crippen molar-refractivity contribution in [3.05, 3.63) is 101 Å². The number of halogens is 3. The van der Waals surface area contributed by atoms with E-state index in [1.807, 2.05) is 23.6 Å². The lowest BCUT2D eigenvalue weighted by molar-refractivity contribution is -0.152. The van der Waals surface area contributed by atoms with E-state index in [9.17, 15) is 22.8 Å². The van der Waals surface area contributed by atoms with Gasteiger partial charge < -0.3 is 28.4 Å². The second-order valence-corrected chi connectivity index (χ2v) is 10.0. The Hall–Kier alpha value is -4.71. The Morgan fingerprint density at radius 1 is 1.14 bits per heavy atom. The number of benzene rings is 2. The number of aldehydes is 1. The molecule has 0 saturated heterocycles. The number of hydrogen-bond acceptors (Lipinski definition) is 7. The Bertz CT molecular complexity index is 1560. The van der Waals surface area contributed by atoms with Crippen LogP contribution in [0.3, 0.4) is 0 Å². The fourth-order valence-corrected chi connectivity index (χ4v) is 4.37. The van der Waals surface area contributed by atoms with Gasteiger partial charge in [0, 0.05) is 31.4 Å². The van der Waals surface area contributed by atoms with Gasteiger partial charge in [0.2, 0.25) is 5.89 Å². The topological polar surface area (TPSA) is 117 Å². The van der Waals surface area contributed by atoms with Crippen molar-refractivity contribution in [1.82, 2.24) is 14.5 Å². The Morgan fingerprint density at radius 2 is 1.93 bits per heavy atom. The molecule has 0 saturated carbocycles. The van der Waals surface area contributed by atoms with Gasteiger partial charge in [0.05, 0.1) is 17.9 Å². The van der Waals surface area contributed by atoms with Crippen LogP contribution in [0.4, 0.5) is 13.2 Å². The third-order valence-electron chi connectivity index (χ3n) is 6.74. The summed E-state index contributed by atoms with van der Waals surface area (Å²) in [6, 6.07) is 10.8. The van der Waals surface area contributed by atoms with Gasteiger partial charge in [-0.2, -0.15) is 13.2 Å². The number of hydrogen-bond donors (Lipinski definition) is 1. The molecule has 0 aliphatic heterocycles. The van der Waals surface area contributed by atoms with E-state index in [2.05, 4.69) is 16.0 Å². The molecule has 12 heteroatoms. The van der Waals surface area contributed by atoms with Crippen molar-refractivity contribution in [3.63, 3.8) is 0 Å². The van der Waals surface area contributed by atoms with Crippen molar-refractivity contribution in [2.24, 2.45) is 0 Å². The third-order valence-corrected chi connectivity index (χ3v) is 6.74. The third kappa shape index (κ3) is 9.40. The maximum atomic E-state index is 12.7. The summed E-state index contributed by atoms with van der Waals surface area (Å²) in [5, 5.41) is 9.12. The lowest BCUT2D eigenvalue weighted by Crippen LogP contribution is -2.25. The van der Waals surface area contributed by atoms with Gasteiger partial charge in [-0.15, -0.1) is 0 Å². The lowest BCUT2D eigenvalue weighted by atomic mass is 10.1. The maximum Gasteiger partial charge on any atom is 0.416 e. The van der Waals surface area contributed by atoms with Gasteiger partial charge in [-0.25, -0.2) is 14.8 Å². The second-order valence-electron chi connectivity index (χ2n) is 10.0. The van der Waals surface area contributed by atoms with Crippen molar-refractivity contribution in [2.45, 2.75) is 58.0 Å². The van der Waals surface area contributed by atoms with Crippen LogP contribution in [-0.4, -0.2) is 44.6 Å². The molecular weight excluding hydrogens is 579 g/mol. The van der Waals surface area contributed by atoms with Gasteiger partial charge >= 0.3 is 12.1 Å². The number of carbonyl (C=O) groups is 2. The van der Waals surface area contributed by atoms with Crippen molar-refractivity contribution in [3.8, 4) is 5.75 Å². The number of carboxylic acids is 1. The van der Waals surface area contributed by atoms with Gasteiger partial charge in [0.15, 0.2) is 6.10 Å². The number of carboxylic acid groups (broad SMARTS) is 1. The SMILES string of the molecule is Cc1cc(CCc2coc(/C=C/c3ccc(C(F)(F)F)cc3)n2)ccc1OCCCn1ccnc1COC(CC=O)C(=O)O. The molecule has 1 N–H and O–H groups in total. The first-order valence-electron chi connectivity index (χ1n) is 13.9. The van der Waals surface area contributed by atoms with Crippen LogP contribution >= 0.6 is 0 Å². The Balaban J connectivity index is 1.20. The molecule has 0 radical (unpaired) electrons. The molecular formula is C32H32F3N3O6. The van der Waals surface area contributed by atoms with Crippen LogP contribution in [0, 0.1) is 6.92 Å². The number of nitrogens with zero attached hydrogens (tertiary/aromatic N) is 3. The number of oxazole rings is 1. The van der Waals surface area contributed by atoms with E-state index in [1.54, 1.807) is 30.8 Å². The number of aliphatic carboxylic acids is 1. The van der Waals surface area contributed by atoms with Crippen LogP contribution in [0.15, 0.2) is 65.5 Å². The molecule has 1 unspecified atom stereocenters. The highest BCUT2D eigenvalue weighted by atomic mass is 19.4. The van der Waals surface area contributed by atoms with E-state index in [0.717, 1.165) is 41.1 Å². The van der Waals surface area contributed by atoms with Crippen molar-refractivity contribution < 1.29 is 41.8 Å². The quantitative estimate of drug-likeness (QED) is 0.118. The minimum Gasteiger partial charge on any atom is -0.493 e. The van der Waals surface area contributed by atoms with E-state index in [1.165, 1.54) is 12.1 Å².